The van der Waals surface area contributed by atoms with Crippen molar-refractivity contribution in [1.82, 2.24) is 0 Å². The number of anilines is 1. The highest BCUT2D eigenvalue weighted by atomic mass is 32.1. The normalized spacial score (nSPS) is 16.6. The van der Waals surface area contributed by atoms with Gasteiger partial charge in [0.2, 0.25) is 5.91 Å². The second kappa shape index (κ2) is 8.31. The van der Waals surface area contributed by atoms with Crippen molar-refractivity contribution in [1.29, 1.82) is 0 Å². The van der Waals surface area contributed by atoms with Crippen LogP contribution in [-0.4, -0.2) is 19.0 Å². The molecule has 1 N–H and O–H groups in total. The Morgan fingerprint density at radius 1 is 1.21 bits per heavy atom. The van der Waals surface area contributed by atoms with Crippen LogP contribution < -0.4 is 5.32 Å². The lowest BCUT2D eigenvalue weighted by Gasteiger charge is -2.33. The number of hydrogen-bond acceptors (Lipinski definition) is 4. The minimum Gasteiger partial charge on any atom is -0.465 e. The summed E-state index contributed by atoms with van der Waals surface area (Å²) in [6, 6.07) is 9.64. The van der Waals surface area contributed by atoms with Crippen LogP contribution in [-0.2, 0) is 22.4 Å². The van der Waals surface area contributed by atoms with Crippen LogP contribution >= 0.6 is 11.3 Å². The van der Waals surface area contributed by atoms with Crippen molar-refractivity contribution < 1.29 is 14.3 Å². The average molecular weight is 398 g/mol. The largest absolute Gasteiger partial charge is 0.465 e. The van der Waals surface area contributed by atoms with Crippen molar-refractivity contribution in [2.75, 3.05) is 12.4 Å². The molecule has 1 aliphatic rings. The number of esters is 1. The maximum absolute atomic E-state index is 12.4. The van der Waals surface area contributed by atoms with E-state index in [0.717, 1.165) is 30.4 Å². The molecule has 1 atom stereocenters. The van der Waals surface area contributed by atoms with Gasteiger partial charge in [-0.1, -0.05) is 51.1 Å². The molecule has 1 aliphatic carbocycles. The first-order chi connectivity index (χ1) is 13.3. The zero-order chi connectivity index (χ0) is 20.3. The van der Waals surface area contributed by atoms with Gasteiger partial charge >= 0.3 is 5.97 Å². The zero-order valence-electron chi connectivity index (χ0n) is 16.9. The highest BCUT2D eigenvalue weighted by molar-refractivity contribution is 7.17. The highest BCUT2D eigenvalue weighted by Gasteiger charge is 2.34. The molecule has 0 unspecified atom stereocenters. The van der Waals surface area contributed by atoms with Crippen LogP contribution in [0.4, 0.5) is 5.00 Å². The SMILES string of the molecule is COC(=O)c1c(NC(=O)/C=C/c2ccccc2)sc2c1CC[C@H](C(C)(C)C)C2. The molecule has 4 nitrogen and oxygen atoms in total. The van der Waals surface area contributed by atoms with Gasteiger partial charge in [-0.25, -0.2) is 4.79 Å². The fraction of sp³-hybridized carbons (Fsp3) is 0.391. The van der Waals surface area contributed by atoms with E-state index in [9.17, 15) is 9.59 Å². The van der Waals surface area contributed by atoms with Gasteiger partial charge in [0.25, 0.3) is 0 Å². The third-order valence-electron chi connectivity index (χ3n) is 5.34. The third kappa shape index (κ3) is 4.53. The van der Waals surface area contributed by atoms with Crippen molar-refractivity contribution in [3.8, 4) is 0 Å². The molecule has 0 bridgehead atoms. The fourth-order valence-corrected chi connectivity index (χ4v) is 4.94. The number of methoxy groups -OCH3 is 1. The summed E-state index contributed by atoms with van der Waals surface area (Å²) < 4.78 is 5.00. The maximum Gasteiger partial charge on any atom is 0.341 e. The predicted molar refractivity (Wildman–Crippen MR) is 115 cm³/mol. The van der Waals surface area contributed by atoms with Crippen molar-refractivity contribution >= 4 is 34.3 Å². The van der Waals surface area contributed by atoms with Gasteiger partial charge in [0.05, 0.1) is 12.7 Å². The molecule has 3 rings (SSSR count). The lowest BCUT2D eigenvalue weighted by Crippen LogP contribution is -2.26. The number of thiophene rings is 1. The molecular formula is C23H27NO3S. The number of carbonyl (C=O) groups excluding carboxylic acids is 2. The van der Waals surface area contributed by atoms with Gasteiger partial charge in [-0.3, -0.25) is 4.79 Å². The summed E-state index contributed by atoms with van der Waals surface area (Å²) in [5.74, 6) is -0.0697. The van der Waals surface area contributed by atoms with E-state index in [0.29, 0.717) is 16.5 Å². The second-order valence-corrected chi connectivity index (χ2v) is 9.34. The number of hydrogen-bond donors (Lipinski definition) is 1. The van der Waals surface area contributed by atoms with Gasteiger partial charge in [0.15, 0.2) is 0 Å². The molecule has 5 heteroatoms. The average Bonchev–Trinajstić information content (AvgIpc) is 3.02. The van der Waals surface area contributed by atoms with E-state index in [1.807, 2.05) is 30.3 Å². The number of fused-ring (bicyclic) bond motifs is 1. The first-order valence-corrected chi connectivity index (χ1v) is 10.4. The molecule has 0 radical (unpaired) electrons. The Labute approximate surface area is 170 Å². The third-order valence-corrected chi connectivity index (χ3v) is 6.51. The summed E-state index contributed by atoms with van der Waals surface area (Å²) in [7, 11) is 1.38. The van der Waals surface area contributed by atoms with Gasteiger partial charge < -0.3 is 10.1 Å². The minimum absolute atomic E-state index is 0.217. The van der Waals surface area contributed by atoms with E-state index < -0.39 is 0 Å². The van der Waals surface area contributed by atoms with Crippen molar-refractivity contribution in [2.24, 2.45) is 11.3 Å². The number of benzene rings is 1. The molecule has 28 heavy (non-hydrogen) atoms. The predicted octanol–water partition coefficient (Wildman–Crippen LogP) is 5.34. The number of ether oxygens (including phenoxy) is 1. The molecule has 1 aromatic carbocycles. The molecule has 0 saturated carbocycles. The number of rotatable bonds is 4. The summed E-state index contributed by atoms with van der Waals surface area (Å²) >= 11 is 1.51. The van der Waals surface area contributed by atoms with E-state index in [2.05, 4.69) is 26.1 Å². The highest BCUT2D eigenvalue weighted by Crippen LogP contribution is 2.44. The zero-order valence-corrected chi connectivity index (χ0v) is 17.7. The van der Waals surface area contributed by atoms with Crippen LogP contribution in [0, 0.1) is 11.3 Å². The summed E-state index contributed by atoms with van der Waals surface area (Å²) in [4.78, 5) is 26.1. The number of nitrogens with one attached hydrogen (secondary N) is 1. The van der Waals surface area contributed by atoms with Crippen molar-refractivity contribution in [2.45, 2.75) is 40.0 Å². The Hall–Kier alpha value is -2.40. The molecule has 2 aromatic rings. The van der Waals surface area contributed by atoms with Crippen LogP contribution in [0.25, 0.3) is 6.08 Å². The number of carbonyl (C=O) groups is 2. The van der Waals surface area contributed by atoms with E-state index >= 15 is 0 Å². The first-order valence-electron chi connectivity index (χ1n) is 9.56. The maximum atomic E-state index is 12.4. The van der Waals surface area contributed by atoms with E-state index in [-0.39, 0.29) is 17.3 Å². The van der Waals surface area contributed by atoms with Gasteiger partial charge in [-0.05, 0) is 47.8 Å². The van der Waals surface area contributed by atoms with Crippen LogP contribution in [0.3, 0.4) is 0 Å². The van der Waals surface area contributed by atoms with Crippen molar-refractivity contribution in [3.05, 3.63) is 58.0 Å². The van der Waals surface area contributed by atoms with Gasteiger partial charge in [0.1, 0.15) is 5.00 Å². The summed E-state index contributed by atoms with van der Waals surface area (Å²) in [6.45, 7) is 6.78. The fourth-order valence-electron chi connectivity index (χ4n) is 3.62. The summed E-state index contributed by atoms with van der Waals surface area (Å²) in [6.07, 6.45) is 6.07. The lowest BCUT2D eigenvalue weighted by molar-refractivity contribution is -0.111. The molecule has 0 spiro atoms. The Balaban J connectivity index is 1.84. The van der Waals surface area contributed by atoms with E-state index in [1.54, 1.807) is 6.08 Å². The topological polar surface area (TPSA) is 55.4 Å². The molecule has 0 fully saturated rings. The first kappa shape index (κ1) is 20.3. The van der Waals surface area contributed by atoms with Crippen LogP contribution in [0.2, 0.25) is 0 Å². The molecule has 0 aliphatic heterocycles. The molecule has 1 aromatic heterocycles. The summed E-state index contributed by atoms with van der Waals surface area (Å²) in [5.41, 5.74) is 2.73. The number of amides is 1. The van der Waals surface area contributed by atoms with Gasteiger partial charge in [-0.15, -0.1) is 11.3 Å². The smallest absolute Gasteiger partial charge is 0.341 e. The Morgan fingerprint density at radius 3 is 2.57 bits per heavy atom. The van der Waals surface area contributed by atoms with Crippen LogP contribution in [0.5, 0.6) is 0 Å². The Morgan fingerprint density at radius 2 is 1.93 bits per heavy atom. The lowest BCUT2D eigenvalue weighted by atomic mass is 9.72. The quantitative estimate of drug-likeness (QED) is 0.560. The van der Waals surface area contributed by atoms with Crippen molar-refractivity contribution in [3.63, 3.8) is 0 Å². The Bertz CT molecular complexity index is 891. The minimum atomic E-state index is -0.381. The van der Waals surface area contributed by atoms with Crippen LogP contribution in [0.1, 0.15) is 53.6 Å². The monoisotopic (exact) mass is 397 g/mol. The second-order valence-electron chi connectivity index (χ2n) is 8.24. The standard InChI is InChI=1S/C23H27NO3S/c1-23(2,3)16-11-12-17-18(14-16)28-21(20(17)22(26)27-4)24-19(25)13-10-15-8-6-5-7-9-15/h5-10,13,16H,11-12,14H2,1-4H3,(H,24,25)/b13-10+/t16-/m0/s1. The summed E-state index contributed by atoms with van der Waals surface area (Å²) in [5, 5.41) is 3.49. The molecule has 1 amide bonds. The molecule has 1 heterocycles. The van der Waals surface area contributed by atoms with Gasteiger partial charge in [0, 0.05) is 11.0 Å². The van der Waals surface area contributed by atoms with E-state index in [4.69, 9.17) is 4.74 Å². The van der Waals surface area contributed by atoms with Gasteiger partial charge in [-0.2, -0.15) is 0 Å². The molecular weight excluding hydrogens is 370 g/mol. The Kier molecular flexibility index (Phi) is 6.04. The van der Waals surface area contributed by atoms with Crippen LogP contribution in [0.15, 0.2) is 36.4 Å². The molecule has 0 saturated heterocycles. The van der Waals surface area contributed by atoms with E-state index in [1.165, 1.54) is 29.4 Å². The molecule has 148 valence electrons.